The van der Waals surface area contributed by atoms with Gasteiger partial charge in [0.25, 0.3) is 0 Å². The number of ether oxygens (including phenoxy) is 1. The van der Waals surface area contributed by atoms with Crippen LogP contribution in [0.3, 0.4) is 0 Å². The first-order valence-electron chi connectivity index (χ1n) is 12.7. The van der Waals surface area contributed by atoms with Crippen LogP contribution in [-0.4, -0.2) is 31.5 Å². The maximum atomic E-state index is 12.2. The second-order valence-electron chi connectivity index (χ2n) is 10.1. The van der Waals surface area contributed by atoms with Crippen molar-refractivity contribution in [3.8, 4) is 16.9 Å². The Hall–Kier alpha value is -3.23. The number of benzene rings is 1. The Balaban J connectivity index is 1.28. The first kappa shape index (κ1) is 22.9. The van der Waals surface area contributed by atoms with Crippen LogP contribution in [0.5, 0.6) is 5.75 Å². The van der Waals surface area contributed by atoms with Crippen molar-refractivity contribution in [1.82, 2.24) is 19.7 Å². The Labute approximate surface area is 223 Å². The molecule has 7 rings (SSSR count). The van der Waals surface area contributed by atoms with Gasteiger partial charge in [0.2, 0.25) is 11.8 Å². The number of amides is 2. The molecule has 2 aliphatic heterocycles. The molecule has 37 heavy (non-hydrogen) atoms. The number of imide groups is 1. The van der Waals surface area contributed by atoms with Gasteiger partial charge in [-0.3, -0.25) is 24.2 Å². The highest BCUT2D eigenvalue weighted by molar-refractivity contribution is 7.19. The Morgan fingerprint density at radius 1 is 1.08 bits per heavy atom. The Morgan fingerprint density at radius 2 is 1.89 bits per heavy atom. The fraction of sp³-hybridized carbons (Fsp3) is 0.357. The lowest BCUT2D eigenvalue weighted by Crippen LogP contribution is -2.27. The van der Waals surface area contributed by atoms with E-state index >= 15 is 0 Å². The minimum Gasteiger partial charge on any atom is -0.483 e. The van der Waals surface area contributed by atoms with Crippen molar-refractivity contribution >= 4 is 45.0 Å². The molecule has 3 aliphatic rings. The largest absolute Gasteiger partial charge is 0.483 e. The van der Waals surface area contributed by atoms with E-state index in [4.69, 9.17) is 21.4 Å². The number of thiophene rings is 1. The quantitative estimate of drug-likeness (QED) is 0.322. The standard InChI is InChI=1S/C28H25ClN4O3S/c1-32-26(19-4-2-3-5-21(19)31-32)23-11-15-10-16(29)12-20(27(15)36-23)18-8-9-30-22-13-17(37-28(18)22)14-33-24(34)6-7-25(33)35/h8-10,12-13,23H,2-7,11,14H2,1H3/t23-/m1/s1. The van der Waals surface area contributed by atoms with Gasteiger partial charge >= 0.3 is 0 Å². The molecule has 188 valence electrons. The minimum absolute atomic E-state index is 0.102. The summed E-state index contributed by atoms with van der Waals surface area (Å²) in [6.45, 7) is 0.288. The zero-order chi connectivity index (χ0) is 25.3. The molecule has 3 aromatic heterocycles. The van der Waals surface area contributed by atoms with Gasteiger partial charge in [0.1, 0.15) is 11.9 Å². The molecule has 1 atom stereocenters. The summed E-state index contributed by atoms with van der Waals surface area (Å²) in [7, 11) is 2.02. The third kappa shape index (κ3) is 3.77. The normalized spacial score (nSPS) is 19.0. The van der Waals surface area contributed by atoms with Crippen molar-refractivity contribution < 1.29 is 14.3 Å². The number of pyridine rings is 1. The fourth-order valence-electron chi connectivity index (χ4n) is 6.02. The molecule has 1 fully saturated rings. The molecule has 1 saturated heterocycles. The Morgan fingerprint density at radius 3 is 2.73 bits per heavy atom. The zero-order valence-corrected chi connectivity index (χ0v) is 22.0. The molecule has 1 aliphatic carbocycles. The number of rotatable bonds is 4. The van der Waals surface area contributed by atoms with Crippen LogP contribution in [0.1, 0.15) is 59.2 Å². The molecule has 7 nitrogen and oxygen atoms in total. The molecule has 2 amide bonds. The van der Waals surface area contributed by atoms with Crippen LogP contribution in [0.15, 0.2) is 30.5 Å². The van der Waals surface area contributed by atoms with Crippen molar-refractivity contribution in [1.29, 1.82) is 0 Å². The van der Waals surface area contributed by atoms with E-state index in [9.17, 15) is 9.59 Å². The van der Waals surface area contributed by atoms with E-state index in [1.54, 1.807) is 17.5 Å². The van der Waals surface area contributed by atoms with Crippen LogP contribution in [0.2, 0.25) is 5.02 Å². The summed E-state index contributed by atoms with van der Waals surface area (Å²) in [5.41, 5.74) is 7.58. The summed E-state index contributed by atoms with van der Waals surface area (Å²) in [4.78, 5) is 31.2. The number of hydrogen-bond acceptors (Lipinski definition) is 6. The molecule has 0 bridgehead atoms. The highest BCUT2D eigenvalue weighted by atomic mass is 35.5. The molecule has 9 heteroatoms. The van der Waals surface area contributed by atoms with E-state index in [1.807, 2.05) is 36.0 Å². The molecule has 0 radical (unpaired) electrons. The number of likely N-dealkylation sites (tertiary alicyclic amines) is 1. The van der Waals surface area contributed by atoms with Crippen molar-refractivity contribution in [3.63, 3.8) is 0 Å². The van der Waals surface area contributed by atoms with Crippen LogP contribution in [0, 0.1) is 0 Å². The van der Waals surface area contributed by atoms with Crippen LogP contribution in [-0.2, 0) is 42.4 Å². The number of nitrogens with zero attached hydrogens (tertiary/aromatic N) is 4. The molecule has 0 N–H and O–H groups in total. The van der Waals surface area contributed by atoms with Crippen molar-refractivity contribution in [3.05, 3.63) is 62.9 Å². The Bertz CT molecular complexity index is 1590. The third-order valence-corrected chi connectivity index (χ3v) is 9.05. The molecular formula is C28H25ClN4O3S. The van der Waals surface area contributed by atoms with Gasteiger partial charge < -0.3 is 4.74 Å². The highest BCUT2D eigenvalue weighted by Crippen LogP contribution is 2.48. The smallest absolute Gasteiger partial charge is 0.230 e. The van der Waals surface area contributed by atoms with Gasteiger partial charge in [0.15, 0.2) is 0 Å². The van der Waals surface area contributed by atoms with Gasteiger partial charge in [0.05, 0.1) is 28.1 Å². The van der Waals surface area contributed by atoms with Crippen molar-refractivity contribution in [2.75, 3.05) is 0 Å². The number of halogens is 1. The SMILES string of the molecule is Cn1nc2c(c1[C@H]1Cc3cc(Cl)cc(-c4ccnc5cc(CN6C(=O)CCC6=O)sc45)c3O1)CCCC2. The van der Waals surface area contributed by atoms with E-state index < -0.39 is 0 Å². The van der Waals surface area contributed by atoms with E-state index in [0.717, 1.165) is 56.8 Å². The molecule has 5 heterocycles. The van der Waals surface area contributed by atoms with Gasteiger partial charge in [-0.05, 0) is 49.9 Å². The monoisotopic (exact) mass is 532 g/mol. The van der Waals surface area contributed by atoms with Gasteiger partial charge in [-0.2, -0.15) is 5.10 Å². The average Bonchev–Trinajstić information content (AvgIpc) is 3.63. The first-order valence-corrected chi connectivity index (χ1v) is 13.9. The van der Waals surface area contributed by atoms with Crippen LogP contribution >= 0.6 is 22.9 Å². The lowest BCUT2D eigenvalue weighted by molar-refractivity contribution is -0.138. The van der Waals surface area contributed by atoms with E-state index in [1.165, 1.54) is 34.7 Å². The number of fused-ring (bicyclic) bond motifs is 3. The molecule has 1 aromatic carbocycles. The summed E-state index contributed by atoms with van der Waals surface area (Å²) < 4.78 is 9.69. The molecule has 4 aromatic rings. The predicted molar refractivity (Wildman–Crippen MR) is 142 cm³/mol. The van der Waals surface area contributed by atoms with Crippen LogP contribution in [0.4, 0.5) is 0 Å². The highest BCUT2D eigenvalue weighted by Gasteiger charge is 2.34. The van der Waals surface area contributed by atoms with E-state index in [-0.39, 0.29) is 24.5 Å². The number of carbonyl (C=O) groups excluding carboxylic acids is 2. The lowest BCUT2D eigenvalue weighted by Gasteiger charge is -2.17. The summed E-state index contributed by atoms with van der Waals surface area (Å²) in [6, 6.07) is 7.93. The third-order valence-electron chi connectivity index (χ3n) is 7.69. The molecule has 0 spiro atoms. The van der Waals surface area contributed by atoms with Gasteiger partial charge in [0, 0.05) is 64.7 Å². The van der Waals surface area contributed by atoms with Gasteiger partial charge in [-0.1, -0.05) is 11.6 Å². The van der Waals surface area contributed by atoms with Crippen LogP contribution < -0.4 is 4.74 Å². The maximum absolute atomic E-state index is 12.2. The van der Waals surface area contributed by atoms with Crippen molar-refractivity contribution in [2.24, 2.45) is 7.05 Å². The zero-order valence-electron chi connectivity index (χ0n) is 20.4. The van der Waals surface area contributed by atoms with E-state index in [0.29, 0.717) is 17.9 Å². The van der Waals surface area contributed by atoms with E-state index in [2.05, 4.69) is 4.98 Å². The summed E-state index contributed by atoms with van der Waals surface area (Å²) in [6.07, 6.45) is 7.48. The second kappa shape index (κ2) is 8.67. The summed E-state index contributed by atoms with van der Waals surface area (Å²) in [5, 5.41) is 5.47. The second-order valence-corrected chi connectivity index (χ2v) is 11.6. The number of aromatic nitrogens is 3. The number of carbonyl (C=O) groups is 2. The van der Waals surface area contributed by atoms with Crippen molar-refractivity contribution in [2.45, 2.75) is 57.6 Å². The number of hydrogen-bond donors (Lipinski definition) is 0. The topological polar surface area (TPSA) is 77.3 Å². The first-order chi connectivity index (χ1) is 18.0. The molecular weight excluding hydrogens is 508 g/mol. The maximum Gasteiger partial charge on any atom is 0.230 e. The average molecular weight is 533 g/mol. The van der Waals surface area contributed by atoms with Gasteiger partial charge in [-0.15, -0.1) is 11.3 Å². The summed E-state index contributed by atoms with van der Waals surface area (Å²) in [5.74, 6) is 0.632. The molecule has 0 saturated carbocycles. The molecule has 0 unspecified atom stereocenters. The van der Waals surface area contributed by atoms with Gasteiger partial charge in [-0.25, -0.2) is 0 Å². The minimum atomic E-state index is -0.111. The fourth-order valence-corrected chi connectivity index (χ4v) is 7.39. The Kier molecular flexibility index (Phi) is 5.37. The lowest BCUT2D eigenvalue weighted by atomic mass is 9.93. The summed E-state index contributed by atoms with van der Waals surface area (Å²) >= 11 is 8.19. The van der Waals surface area contributed by atoms with Crippen LogP contribution in [0.25, 0.3) is 21.3 Å². The predicted octanol–water partition coefficient (Wildman–Crippen LogP) is 5.55. The number of aryl methyl sites for hydroxylation is 2.